The standard InChI is InChI=1S/C13H19N3O/c14-11-8-10(13(15)17)4-5-12(11)16-7-6-9-2-1-3-9/h4-5,8-9,16H,1-3,6-7,14H2,(H2,15,17). The number of anilines is 2. The molecule has 2 rings (SSSR count). The SMILES string of the molecule is NC(=O)c1ccc(NCCC2CCC2)c(N)c1. The van der Waals surface area contributed by atoms with E-state index in [1.165, 1.54) is 25.7 Å². The van der Waals surface area contributed by atoms with Gasteiger partial charge in [-0.3, -0.25) is 4.79 Å². The second-order valence-corrected chi connectivity index (χ2v) is 4.68. The van der Waals surface area contributed by atoms with Gasteiger partial charge in [0.25, 0.3) is 0 Å². The lowest BCUT2D eigenvalue weighted by atomic mass is 9.83. The highest BCUT2D eigenvalue weighted by Gasteiger charge is 2.16. The molecule has 4 heteroatoms. The summed E-state index contributed by atoms with van der Waals surface area (Å²) in [5.74, 6) is 0.436. The molecular weight excluding hydrogens is 214 g/mol. The highest BCUT2D eigenvalue weighted by molar-refractivity contribution is 5.94. The van der Waals surface area contributed by atoms with Crippen LogP contribution in [0.4, 0.5) is 11.4 Å². The summed E-state index contributed by atoms with van der Waals surface area (Å²) in [5.41, 5.74) is 12.9. The number of nitrogens with one attached hydrogen (secondary N) is 1. The number of nitrogens with two attached hydrogens (primary N) is 2. The number of rotatable bonds is 5. The molecular formula is C13H19N3O. The van der Waals surface area contributed by atoms with Crippen molar-refractivity contribution < 1.29 is 4.79 Å². The van der Waals surface area contributed by atoms with E-state index in [2.05, 4.69) is 5.32 Å². The number of carbonyl (C=O) groups excluding carboxylic acids is 1. The van der Waals surface area contributed by atoms with E-state index in [-0.39, 0.29) is 0 Å². The Morgan fingerprint density at radius 3 is 2.71 bits per heavy atom. The number of primary amides is 1. The number of hydrogen-bond acceptors (Lipinski definition) is 3. The smallest absolute Gasteiger partial charge is 0.248 e. The number of nitrogen functional groups attached to an aromatic ring is 1. The van der Waals surface area contributed by atoms with E-state index >= 15 is 0 Å². The van der Waals surface area contributed by atoms with Crippen molar-refractivity contribution in [2.75, 3.05) is 17.6 Å². The van der Waals surface area contributed by atoms with E-state index in [0.717, 1.165) is 18.2 Å². The van der Waals surface area contributed by atoms with Gasteiger partial charge in [-0.15, -0.1) is 0 Å². The van der Waals surface area contributed by atoms with Crippen LogP contribution in [0.15, 0.2) is 18.2 Å². The third-order valence-corrected chi connectivity index (χ3v) is 3.43. The van der Waals surface area contributed by atoms with E-state index in [0.29, 0.717) is 11.3 Å². The van der Waals surface area contributed by atoms with Crippen molar-refractivity contribution in [3.63, 3.8) is 0 Å². The van der Waals surface area contributed by atoms with Crippen LogP contribution in [-0.2, 0) is 0 Å². The molecule has 0 saturated heterocycles. The molecule has 92 valence electrons. The number of benzene rings is 1. The summed E-state index contributed by atoms with van der Waals surface area (Å²) in [5, 5.41) is 3.30. The van der Waals surface area contributed by atoms with Crippen molar-refractivity contribution in [2.45, 2.75) is 25.7 Å². The quantitative estimate of drug-likeness (QED) is 0.680. The molecule has 1 aromatic rings. The van der Waals surface area contributed by atoms with Gasteiger partial charge in [0.2, 0.25) is 5.91 Å². The van der Waals surface area contributed by atoms with Gasteiger partial charge in [0.1, 0.15) is 0 Å². The Labute approximate surface area is 101 Å². The van der Waals surface area contributed by atoms with Crippen LogP contribution in [0, 0.1) is 5.92 Å². The molecule has 4 nitrogen and oxygen atoms in total. The van der Waals surface area contributed by atoms with E-state index in [1.54, 1.807) is 12.1 Å². The summed E-state index contributed by atoms with van der Waals surface area (Å²) in [4.78, 5) is 11.0. The Kier molecular flexibility index (Phi) is 3.52. The summed E-state index contributed by atoms with van der Waals surface area (Å²) in [7, 11) is 0. The molecule has 0 unspecified atom stereocenters. The molecule has 0 aliphatic heterocycles. The average molecular weight is 233 g/mol. The molecule has 0 atom stereocenters. The van der Waals surface area contributed by atoms with Crippen molar-refractivity contribution in [1.82, 2.24) is 0 Å². The molecule has 0 heterocycles. The zero-order valence-electron chi connectivity index (χ0n) is 9.91. The molecule has 1 aliphatic carbocycles. The van der Waals surface area contributed by atoms with E-state index < -0.39 is 5.91 Å². The second-order valence-electron chi connectivity index (χ2n) is 4.68. The normalized spacial score (nSPS) is 15.3. The largest absolute Gasteiger partial charge is 0.397 e. The number of carbonyl (C=O) groups is 1. The van der Waals surface area contributed by atoms with Gasteiger partial charge in [0.05, 0.1) is 11.4 Å². The molecule has 1 aliphatic rings. The minimum absolute atomic E-state index is 0.447. The van der Waals surface area contributed by atoms with E-state index in [1.807, 2.05) is 6.07 Å². The van der Waals surface area contributed by atoms with Crippen molar-refractivity contribution in [1.29, 1.82) is 0 Å². The van der Waals surface area contributed by atoms with Gasteiger partial charge in [-0.25, -0.2) is 0 Å². The fraction of sp³-hybridized carbons (Fsp3) is 0.462. The lowest BCUT2D eigenvalue weighted by molar-refractivity contribution is 0.100. The summed E-state index contributed by atoms with van der Waals surface area (Å²) in [6, 6.07) is 5.13. The topological polar surface area (TPSA) is 81.1 Å². The van der Waals surface area contributed by atoms with E-state index in [9.17, 15) is 4.79 Å². The van der Waals surface area contributed by atoms with Gasteiger partial charge < -0.3 is 16.8 Å². The van der Waals surface area contributed by atoms with Crippen molar-refractivity contribution >= 4 is 17.3 Å². The maximum Gasteiger partial charge on any atom is 0.248 e. The molecule has 0 bridgehead atoms. The molecule has 1 amide bonds. The fourth-order valence-corrected chi connectivity index (χ4v) is 2.07. The highest BCUT2D eigenvalue weighted by Crippen LogP contribution is 2.29. The van der Waals surface area contributed by atoms with Crippen molar-refractivity contribution in [3.8, 4) is 0 Å². The molecule has 0 aromatic heterocycles. The molecule has 17 heavy (non-hydrogen) atoms. The first kappa shape index (κ1) is 11.8. The maximum atomic E-state index is 11.0. The number of hydrogen-bond donors (Lipinski definition) is 3. The first-order valence-corrected chi connectivity index (χ1v) is 6.10. The molecule has 1 aromatic carbocycles. The zero-order valence-corrected chi connectivity index (χ0v) is 9.91. The van der Waals surface area contributed by atoms with Crippen LogP contribution in [0.25, 0.3) is 0 Å². The van der Waals surface area contributed by atoms with Gasteiger partial charge >= 0.3 is 0 Å². The lowest BCUT2D eigenvalue weighted by Gasteiger charge is -2.25. The van der Waals surface area contributed by atoms with E-state index in [4.69, 9.17) is 11.5 Å². The average Bonchev–Trinajstić information content (AvgIpc) is 2.23. The van der Waals surface area contributed by atoms with Crippen LogP contribution in [0.1, 0.15) is 36.0 Å². The number of amides is 1. The molecule has 1 saturated carbocycles. The molecule has 1 fully saturated rings. The van der Waals surface area contributed by atoms with Gasteiger partial charge in [-0.05, 0) is 30.5 Å². The zero-order chi connectivity index (χ0) is 12.3. The Bertz CT molecular complexity index is 413. The predicted octanol–water partition coefficient (Wildman–Crippen LogP) is 1.97. The minimum Gasteiger partial charge on any atom is -0.397 e. The summed E-state index contributed by atoms with van der Waals surface area (Å²) >= 11 is 0. The van der Waals surface area contributed by atoms with Gasteiger partial charge in [0, 0.05) is 12.1 Å². The maximum absolute atomic E-state index is 11.0. The summed E-state index contributed by atoms with van der Waals surface area (Å²) in [6.07, 6.45) is 5.28. The van der Waals surface area contributed by atoms with Crippen LogP contribution in [0.3, 0.4) is 0 Å². The Hall–Kier alpha value is -1.71. The van der Waals surface area contributed by atoms with Gasteiger partial charge in [-0.2, -0.15) is 0 Å². The van der Waals surface area contributed by atoms with Crippen molar-refractivity contribution in [2.24, 2.45) is 11.7 Å². The molecule has 0 spiro atoms. The van der Waals surface area contributed by atoms with Gasteiger partial charge in [0.15, 0.2) is 0 Å². The van der Waals surface area contributed by atoms with Crippen LogP contribution in [0.2, 0.25) is 0 Å². The van der Waals surface area contributed by atoms with Crippen LogP contribution >= 0.6 is 0 Å². The Morgan fingerprint density at radius 1 is 1.41 bits per heavy atom. The Morgan fingerprint density at radius 2 is 2.18 bits per heavy atom. The highest BCUT2D eigenvalue weighted by atomic mass is 16.1. The first-order chi connectivity index (χ1) is 8.16. The van der Waals surface area contributed by atoms with Crippen LogP contribution in [-0.4, -0.2) is 12.5 Å². The fourth-order valence-electron chi connectivity index (χ4n) is 2.07. The third kappa shape index (κ3) is 2.90. The summed E-state index contributed by atoms with van der Waals surface area (Å²) in [6.45, 7) is 0.935. The summed E-state index contributed by atoms with van der Waals surface area (Å²) < 4.78 is 0. The Balaban J connectivity index is 1.89. The lowest BCUT2D eigenvalue weighted by Crippen LogP contribution is -2.16. The molecule has 5 N–H and O–H groups in total. The monoisotopic (exact) mass is 233 g/mol. The minimum atomic E-state index is -0.447. The van der Waals surface area contributed by atoms with Crippen molar-refractivity contribution in [3.05, 3.63) is 23.8 Å². The van der Waals surface area contributed by atoms with Gasteiger partial charge in [-0.1, -0.05) is 19.3 Å². The first-order valence-electron chi connectivity index (χ1n) is 6.10. The third-order valence-electron chi connectivity index (χ3n) is 3.43. The second kappa shape index (κ2) is 5.08. The molecule has 0 radical (unpaired) electrons. The van der Waals surface area contributed by atoms with Crippen LogP contribution < -0.4 is 16.8 Å². The van der Waals surface area contributed by atoms with Crippen LogP contribution in [0.5, 0.6) is 0 Å². The predicted molar refractivity (Wildman–Crippen MR) is 69.8 cm³/mol.